The van der Waals surface area contributed by atoms with E-state index in [0.717, 1.165) is 37.2 Å². The van der Waals surface area contributed by atoms with E-state index in [0.29, 0.717) is 11.6 Å². The van der Waals surface area contributed by atoms with Gasteiger partial charge in [0.1, 0.15) is 0 Å². The van der Waals surface area contributed by atoms with Crippen LogP contribution in [0.4, 0.5) is 5.69 Å². The molecule has 2 N–H and O–H groups in total. The summed E-state index contributed by atoms with van der Waals surface area (Å²) in [5.74, 6) is 0.0365. The van der Waals surface area contributed by atoms with Crippen molar-refractivity contribution in [3.63, 3.8) is 0 Å². The summed E-state index contributed by atoms with van der Waals surface area (Å²) >= 11 is 6.02. The van der Waals surface area contributed by atoms with E-state index in [1.54, 1.807) is 0 Å². The second-order valence-electron chi connectivity index (χ2n) is 7.25. The predicted molar refractivity (Wildman–Crippen MR) is 112 cm³/mol. The molecule has 0 bridgehead atoms. The van der Waals surface area contributed by atoms with Crippen LogP contribution in [0.1, 0.15) is 31.4 Å². The third kappa shape index (κ3) is 5.81. The number of rotatable bonds is 6. The molecule has 28 heavy (non-hydrogen) atoms. The van der Waals surface area contributed by atoms with E-state index in [4.69, 9.17) is 11.6 Å². The average molecular weight is 400 g/mol. The minimum atomic E-state index is -0.0969. The molecule has 1 heterocycles. The molecular weight excluding hydrogens is 374 g/mol. The number of piperidine rings is 1. The highest BCUT2D eigenvalue weighted by molar-refractivity contribution is 6.30. The van der Waals surface area contributed by atoms with Crippen LogP contribution < -0.4 is 10.6 Å². The summed E-state index contributed by atoms with van der Waals surface area (Å²) in [7, 11) is 0. The van der Waals surface area contributed by atoms with Crippen molar-refractivity contribution in [1.29, 1.82) is 0 Å². The highest BCUT2D eigenvalue weighted by Gasteiger charge is 2.26. The van der Waals surface area contributed by atoms with Gasteiger partial charge in [-0.15, -0.1) is 0 Å². The molecule has 1 unspecified atom stereocenters. The number of nitrogens with zero attached hydrogens (tertiary/aromatic N) is 1. The maximum Gasteiger partial charge on any atom is 0.234 e. The van der Waals surface area contributed by atoms with E-state index in [1.165, 1.54) is 0 Å². The monoisotopic (exact) mass is 399 g/mol. The summed E-state index contributed by atoms with van der Waals surface area (Å²) in [5, 5.41) is 6.65. The minimum Gasteiger partial charge on any atom is -0.348 e. The number of hydrogen-bond donors (Lipinski definition) is 2. The first-order valence-electron chi connectivity index (χ1n) is 9.64. The van der Waals surface area contributed by atoms with Crippen LogP contribution in [0.25, 0.3) is 0 Å². The van der Waals surface area contributed by atoms with Gasteiger partial charge in [-0.2, -0.15) is 0 Å². The molecule has 0 aliphatic carbocycles. The van der Waals surface area contributed by atoms with Crippen molar-refractivity contribution >= 4 is 29.1 Å². The Bertz CT molecular complexity index is 804. The molecule has 0 spiro atoms. The predicted octanol–water partition coefficient (Wildman–Crippen LogP) is 3.87. The van der Waals surface area contributed by atoms with Gasteiger partial charge in [-0.05, 0) is 62.7 Å². The molecule has 1 aliphatic heterocycles. The Morgan fingerprint density at radius 2 is 1.82 bits per heavy atom. The zero-order chi connectivity index (χ0) is 19.9. The Labute approximate surface area is 171 Å². The van der Waals surface area contributed by atoms with Crippen molar-refractivity contribution < 1.29 is 9.59 Å². The minimum absolute atomic E-state index is 0.00935. The SMILES string of the molecule is CC(NC(=O)CN1CCC(C(=O)Nc2ccccc2)CC1)c1cccc(Cl)c1. The molecule has 5 nitrogen and oxygen atoms in total. The summed E-state index contributed by atoms with van der Waals surface area (Å²) in [5.41, 5.74) is 1.81. The topological polar surface area (TPSA) is 61.4 Å². The second-order valence-corrected chi connectivity index (χ2v) is 7.69. The van der Waals surface area contributed by atoms with Crippen molar-refractivity contribution in [2.24, 2.45) is 5.92 Å². The van der Waals surface area contributed by atoms with Gasteiger partial charge in [-0.1, -0.05) is 41.9 Å². The third-order valence-corrected chi connectivity index (χ3v) is 5.33. The van der Waals surface area contributed by atoms with E-state index in [1.807, 2.05) is 61.5 Å². The Balaban J connectivity index is 1.42. The van der Waals surface area contributed by atoms with E-state index in [2.05, 4.69) is 15.5 Å². The molecule has 148 valence electrons. The Morgan fingerprint density at radius 1 is 1.11 bits per heavy atom. The lowest BCUT2D eigenvalue weighted by Crippen LogP contribution is -2.43. The van der Waals surface area contributed by atoms with Gasteiger partial charge < -0.3 is 10.6 Å². The van der Waals surface area contributed by atoms with Gasteiger partial charge in [-0.3, -0.25) is 14.5 Å². The van der Waals surface area contributed by atoms with Gasteiger partial charge in [0, 0.05) is 16.6 Å². The Morgan fingerprint density at radius 3 is 2.50 bits per heavy atom. The van der Waals surface area contributed by atoms with Crippen LogP contribution in [0, 0.1) is 5.92 Å². The van der Waals surface area contributed by atoms with Gasteiger partial charge >= 0.3 is 0 Å². The zero-order valence-electron chi connectivity index (χ0n) is 16.0. The van der Waals surface area contributed by atoms with Crippen molar-refractivity contribution in [3.8, 4) is 0 Å². The molecule has 1 aliphatic rings. The van der Waals surface area contributed by atoms with E-state index < -0.39 is 0 Å². The zero-order valence-corrected chi connectivity index (χ0v) is 16.8. The molecule has 1 fully saturated rings. The van der Waals surface area contributed by atoms with Gasteiger partial charge in [0.05, 0.1) is 12.6 Å². The first-order chi connectivity index (χ1) is 13.5. The molecule has 0 saturated carbocycles. The standard InChI is InChI=1S/C22H26ClN3O2/c1-16(18-6-5-7-19(23)14-18)24-21(27)15-26-12-10-17(11-13-26)22(28)25-20-8-3-2-4-9-20/h2-9,14,16-17H,10-13,15H2,1H3,(H,24,27)(H,25,28). The summed E-state index contributed by atoms with van der Waals surface area (Å²) in [6.45, 7) is 3.78. The molecule has 3 rings (SSSR count). The fourth-order valence-electron chi connectivity index (χ4n) is 3.47. The van der Waals surface area contributed by atoms with Crippen molar-refractivity contribution in [3.05, 3.63) is 65.2 Å². The van der Waals surface area contributed by atoms with Crippen molar-refractivity contribution in [2.45, 2.75) is 25.8 Å². The maximum atomic E-state index is 12.4. The Kier molecular flexibility index (Phi) is 7.06. The number of halogens is 1. The maximum absolute atomic E-state index is 12.4. The molecule has 0 aromatic heterocycles. The van der Waals surface area contributed by atoms with E-state index in [-0.39, 0.29) is 23.8 Å². The summed E-state index contributed by atoms with van der Waals surface area (Å²) in [4.78, 5) is 26.9. The smallest absolute Gasteiger partial charge is 0.234 e. The number of carbonyl (C=O) groups excluding carboxylic acids is 2. The normalized spacial score (nSPS) is 16.4. The number of benzene rings is 2. The fraction of sp³-hybridized carbons (Fsp3) is 0.364. The number of nitrogens with one attached hydrogen (secondary N) is 2. The lowest BCUT2D eigenvalue weighted by Gasteiger charge is -2.31. The van der Waals surface area contributed by atoms with Crippen LogP contribution in [0.5, 0.6) is 0 Å². The molecule has 0 radical (unpaired) electrons. The second kappa shape index (κ2) is 9.71. The van der Waals surface area contributed by atoms with E-state index in [9.17, 15) is 9.59 Å². The number of likely N-dealkylation sites (tertiary alicyclic amines) is 1. The summed E-state index contributed by atoms with van der Waals surface area (Å²) in [6, 6.07) is 16.9. The Hall–Kier alpha value is -2.37. The summed E-state index contributed by atoms with van der Waals surface area (Å²) in [6.07, 6.45) is 1.52. The van der Waals surface area contributed by atoms with Crippen LogP contribution in [0.15, 0.2) is 54.6 Å². The number of anilines is 1. The van der Waals surface area contributed by atoms with E-state index >= 15 is 0 Å². The molecule has 6 heteroatoms. The highest BCUT2D eigenvalue weighted by atomic mass is 35.5. The summed E-state index contributed by atoms with van der Waals surface area (Å²) < 4.78 is 0. The van der Waals surface area contributed by atoms with Crippen LogP contribution in [-0.2, 0) is 9.59 Å². The van der Waals surface area contributed by atoms with Gasteiger partial charge in [0.25, 0.3) is 0 Å². The lowest BCUT2D eigenvalue weighted by molar-refractivity contribution is -0.124. The number of para-hydroxylation sites is 1. The first-order valence-corrected chi connectivity index (χ1v) is 10.0. The van der Waals surface area contributed by atoms with Crippen LogP contribution in [0.2, 0.25) is 5.02 Å². The van der Waals surface area contributed by atoms with Crippen molar-refractivity contribution in [1.82, 2.24) is 10.2 Å². The third-order valence-electron chi connectivity index (χ3n) is 5.09. The van der Waals surface area contributed by atoms with Crippen LogP contribution in [0.3, 0.4) is 0 Å². The van der Waals surface area contributed by atoms with Crippen LogP contribution >= 0.6 is 11.6 Å². The number of hydrogen-bond acceptors (Lipinski definition) is 3. The molecule has 1 atom stereocenters. The molecule has 2 aromatic carbocycles. The van der Waals surface area contributed by atoms with Gasteiger partial charge in [0.2, 0.25) is 11.8 Å². The molecule has 1 saturated heterocycles. The molecule has 2 amide bonds. The van der Waals surface area contributed by atoms with Crippen molar-refractivity contribution in [2.75, 3.05) is 25.0 Å². The van der Waals surface area contributed by atoms with Crippen LogP contribution in [-0.4, -0.2) is 36.3 Å². The number of amides is 2. The lowest BCUT2D eigenvalue weighted by atomic mass is 9.95. The molecule has 2 aromatic rings. The average Bonchev–Trinajstić information content (AvgIpc) is 2.69. The van der Waals surface area contributed by atoms with Gasteiger partial charge in [-0.25, -0.2) is 0 Å². The number of carbonyl (C=O) groups is 2. The van der Waals surface area contributed by atoms with Gasteiger partial charge in [0.15, 0.2) is 0 Å². The quantitative estimate of drug-likeness (QED) is 0.775. The molecular formula is C22H26ClN3O2. The largest absolute Gasteiger partial charge is 0.348 e. The highest BCUT2D eigenvalue weighted by Crippen LogP contribution is 2.20. The first kappa shape index (κ1) is 20.4. The fourth-order valence-corrected chi connectivity index (χ4v) is 3.67.